The molecule has 2 heterocycles. The van der Waals surface area contributed by atoms with Gasteiger partial charge in [-0.15, -0.1) is 0 Å². The molecule has 0 fully saturated rings. The molecule has 2 aromatic heterocycles. The zero-order valence-electron chi connectivity index (χ0n) is 13.5. The molecule has 0 aliphatic heterocycles. The summed E-state index contributed by atoms with van der Waals surface area (Å²) in [4.78, 5) is 15.7. The molecule has 25 heavy (non-hydrogen) atoms. The van der Waals surface area contributed by atoms with E-state index < -0.39 is 10.0 Å². The van der Waals surface area contributed by atoms with Crippen LogP contribution in [0.25, 0.3) is 11.3 Å². The number of ketones is 1. The lowest BCUT2D eigenvalue weighted by Crippen LogP contribution is -2.23. The van der Waals surface area contributed by atoms with Crippen molar-refractivity contribution in [1.29, 1.82) is 0 Å². The fraction of sp³-hybridized carbons (Fsp3) is 0.111. The quantitative estimate of drug-likeness (QED) is 0.686. The Morgan fingerprint density at radius 3 is 2.44 bits per heavy atom. The Hall–Kier alpha value is -2.77. The molecule has 7 heteroatoms. The molecule has 3 aromatic rings. The SMILES string of the molecule is CC(=O)c1ccc(S(=O)(=O)NCc2ccc(-c3ccoc3)nc2)cc1. The van der Waals surface area contributed by atoms with Crippen LogP contribution in [0.5, 0.6) is 0 Å². The maximum Gasteiger partial charge on any atom is 0.240 e. The Kier molecular flexibility index (Phi) is 4.78. The van der Waals surface area contributed by atoms with Crippen molar-refractivity contribution in [2.75, 3.05) is 0 Å². The van der Waals surface area contributed by atoms with Crippen molar-refractivity contribution in [3.8, 4) is 11.3 Å². The topological polar surface area (TPSA) is 89.3 Å². The zero-order valence-corrected chi connectivity index (χ0v) is 14.3. The lowest BCUT2D eigenvalue weighted by atomic mass is 10.2. The summed E-state index contributed by atoms with van der Waals surface area (Å²) in [6.07, 6.45) is 4.77. The minimum atomic E-state index is -3.66. The second kappa shape index (κ2) is 7.00. The second-order valence-corrected chi connectivity index (χ2v) is 7.24. The predicted octanol–water partition coefficient (Wildman–Crippen LogP) is 3.02. The number of sulfonamides is 1. The Balaban J connectivity index is 1.68. The first kappa shape index (κ1) is 17.1. The van der Waals surface area contributed by atoms with Crippen molar-refractivity contribution >= 4 is 15.8 Å². The van der Waals surface area contributed by atoms with Crippen LogP contribution in [0.3, 0.4) is 0 Å². The highest BCUT2D eigenvalue weighted by Gasteiger charge is 2.14. The van der Waals surface area contributed by atoms with Gasteiger partial charge in [0, 0.05) is 23.9 Å². The van der Waals surface area contributed by atoms with Gasteiger partial charge in [-0.3, -0.25) is 9.78 Å². The molecule has 0 atom stereocenters. The Morgan fingerprint density at radius 2 is 1.88 bits per heavy atom. The average Bonchev–Trinajstić information content (AvgIpc) is 3.15. The van der Waals surface area contributed by atoms with Crippen LogP contribution in [0.4, 0.5) is 0 Å². The van der Waals surface area contributed by atoms with Crippen LogP contribution < -0.4 is 4.72 Å². The monoisotopic (exact) mass is 356 g/mol. The van der Waals surface area contributed by atoms with Crippen molar-refractivity contribution in [2.24, 2.45) is 0 Å². The van der Waals surface area contributed by atoms with E-state index >= 15 is 0 Å². The number of furan rings is 1. The maximum atomic E-state index is 12.3. The normalized spacial score (nSPS) is 11.4. The molecule has 0 bridgehead atoms. The third kappa shape index (κ3) is 4.01. The number of aromatic nitrogens is 1. The molecule has 0 saturated heterocycles. The number of hydrogen-bond donors (Lipinski definition) is 1. The molecule has 0 saturated carbocycles. The first-order valence-electron chi connectivity index (χ1n) is 7.54. The largest absolute Gasteiger partial charge is 0.472 e. The van der Waals surface area contributed by atoms with Crippen molar-refractivity contribution in [1.82, 2.24) is 9.71 Å². The van der Waals surface area contributed by atoms with E-state index in [0.717, 1.165) is 16.8 Å². The first-order chi connectivity index (χ1) is 12.0. The number of hydrogen-bond acceptors (Lipinski definition) is 5. The fourth-order valence-corrected chi connectivity index (χ4v) is 3.26. The van der Waals surface area contributed by atoms with Crippen LogP contribution in [-0.2, 0) is 16.6 Å². The fourth-order valence-electron chi connectivity index (χ4n) is 2.24. The van der Waals surface area contributed by atoms with Gasteiger partial charge in [0.2, 0.25) is 10.0 Å². The van der Waals surface area contributed by atoms with Crippen LogP contribution in [0.2, 0.25) is 0 Å². The van der Waals surface area contributed by atoms with Crippen molar-refractivity contribution in [2.45, 2.75) is 18.4 Å². The molecule has 6 nitrogen and oxygen atoms in total. The van der Waals surface area contributed by atoms with Crippen LogP contribution >= 0.6 is 0 Å². The molecule has 3 rings (SSSR count). The summed E-state index contributed by atoms with van der Waals surface area (Å²) < 4.78 is 32.2. The lowest BCUT2D eigenvalue weighted by Gasteiger charge is -2.07. The summed E-state index contributed by atoms with van der Waals surface area (Å²) in [5.74, 6) is -0.110. The number of carbonyl (C=O) groups excluding carboxylic acids is 1. The van der Waals surface area contributed by atoms with E-state index in [0.29, 0.717) is 5.56 Å². The average molecular weight is 356 g/mol. The van der Waals surface area contributed by atoms with Crippen molar-refractivity contribution in [3.05, 3.63) is 72.3 Å². The zero-order chi connectivity index (χ0) is 17.9. The van der Waals surface area contributed by atoms with E-state index in [-0.39, 0.29) is 17.2 Å². The van der Waals surface area contributed by atoms with E-state index in [1.807, 2.05) is 0 Å². The third-order valence-corrected chi connectivity index (χ3v) is 5.10. The summed E-state index contributed by atoms with van der Waals surface area (Å²) >= 11 is 0. The van der Waals surface area contributed by atoms with Gasteiger partial charge in [-0.25, -0.2) is 13.1 Å². The molecule has 0 aliphatic carbocycles. The van der Waals surface area contributed by atoms with Gasteiger partial charge in [-0.2, -0.15) is 0 Å². The lowest BCUT2D eigenvalue weighted by molar-refractivity contribution is 0.101. The first-order valence-corrected chi connectivity index (χ1v) is 9.02. The third-order valence-electron chi connectivity index (χ3n) is 3.68. The molecule has 0 unspecified atom stereocenters. The van der Waals surface area contributed by atoms with Gasteiger partial charge in [-0.05, 0) is 36.8 Å². The van der Waals surface area contributed by atoms with Gasteiger partial charge in [0.05, 0.1) is 23.1 Å². The molecule has 1 N–H and O–H groups in total. The predicted molar refractivity (Wildman–Crippen MR) is 92.4 cm³/mol. The number of nitrogens with one attached hydrogen (secondary N) is 1. The number of pyridine rings is 1. The maximum absolute atomic E-state index is 12.3. The van der Waals surface area contributed by atoms with Gasteiger partial charge in [0.15, 0.2) is 5.78 Å². The van der Waals surface area contributed by atoms with E-state index in [2.05, 4.69) is 9.71 Å². The van der Waals surface area contributed by atoms with Crippen molar-refractivity contribution < 1.29 is 17.6 Å². The Morgan fingerprint density at radius 1 is 1.12 bits per heavy atom. The highest BCUT2D eigenvalue weighted by molar-refractivity contribution is 7.89. The van der Waals surface area contributed by atoms with E-state index in [9.17, 15) is 13.2 Å². The summed E-state index contributed by atoms with van der Waals surface area (Å²) in [6, 6.07) is 11.2. The number of benzene rings is 1. The molecular formula is C18H16N2O4S. The standard InChI is InChI=1S/C18H16N2O4S/c1-13(21)15-3-5-17(6-4-15)25(22,23)20-11-14-2-7-18(19-10-14)16-8-9-24-12-16/h2-10,12,20H,11H2,1H3. The number of carbonyl (C=O) groups is 1. The minimum absolute atomic E-state index is 0.110. The van der Waals surface area contributed by atoms with Gasteiger partial charge in [0.25, 0.3) is 0 Å². The van der Waals surface area contributed by atoms with E-state index in [1.54, 1.807) is 36.9 Å². The number of Topliss-reactive ketones (excluding diaryl/α,β-unsaturated/α-hetero) is 1. The van der Waals surface area contributed by atoms with Crippen LogP contribution in [0.1, 0.15) is 22.8 Å². The molecule has 0 radical (unpaired) electrons. The molecule has 0 amide bonds. The Labute approximate surface area is 145 Å². The highest BCUT2D eigenvalue weighted by atomic mass is 32.2. The van der Waals surface area contributed by atoms with Gasteiger partial charge in [-0.1, -0.05) is 18.2 Å². The molecule has 0 spiro atoms. The number of rotatable bonds is 6. The summed E-state index contributed by atoms with van der Waals surface area (Å²) in [5.41, 5.74) is 2.81. The Bertz CT molecular complexity index is 961. The second-order valence-electron chi connectivity index (χ2n) is 5.47. The van der Waals surface area contributed by atoms with Crippen molar-refractivity contribution in [3.63, 3.8) is 0 Å². The molecule has 0 aliphatic rings. The summed E-state index contributed by atoms with van der Waals surface area (Å²) in [5, 5.41) is 0. The summed E-state index contributed by atoms with van der Waals surface area (Å²) in [6.45, 7) is 1.55. The smallest absolute Gasteiger partial charge is 0.240 e. The van der Waals surface area contributed by atoms with E-state index in [4.69, 9.17) is 4.42 Å². The molecule has 128 valence electrons. The van der Waals surface area contributed by atoms with Gasteiger partial charge < -0.3 is 4.42 Å². The van der Waals surface area contributed by atoms with Crippen LogP contribution in [0, 0.1) is 0 Å². The minimum Gasteiger partial charge on any atom is -0.472 e. The summed E-state index contributed by atoms with van der Waals surface area (Å²) in [7, 11) is -3.66. The molecular weight excluding hydrogens is 340 g/mol. The number of nitrogens with zero attached hydrogens (tertiary/aromatic N) is 1. The van der Waals surface area contributed by atoms with Crippen LogP contribution in [0.15, 0.2) is 70.5 Å². The van der Waals surface area contributed by atoms with Gasteiger partial charge >= 0.3 is 0 Å². The molecule has 1 aromatic carbocycles. The van der Waals surface area contributed by atoms with Gasteiger partial charge in [0.1, 0.15) is 0 Å². The van der Waals surface area contributed by atoms with E-state index in [1.165, 1.54) is 31.2 Å². The highest BCUT2D eigenvalue weighted by Crippen LogP contribution is 2.17. The van der Waals surface area contributed by atoms with Crippen LogP contribution in [-0.4, -0.2) is 19.2 Å².